The van der Waals surface area contributed by atoms with E-state index in [1.807, 2.05) is 18.2 Å². The van der Waals surface area contributed by atoms with Crippen molar-refractivity contribution in [1.82, 2.24) is 5.32 Å². The molecular weight excluding hydrogens is 316 g/mol. The molecule has 3 nitrogen and oxygen atoms in total. The highest BCUT2D eigenvalue weighted by Gasteiger charge is 2.03. The molecule has 2 radical (unpaired) electrons. The number of hydrogen-bond donors (Lipinski definition) is 1. The second-order valence-corrected chi connectivity index (χ2v) is 4.42. The largest absolute Gasteiger partial charge is 0.465 e. The fraction of sp³-hybridized carbons (Fsp3) is 0.364. The summed E-state index contributed by atoms with van der Waals surface area (Å²) in [7, 11) is 5.68. The molecule has 84 valence electrons. The van der Waals surface area contributed by atoms with Gasteiger partial charge in [0.2, 0.25) is 0 Å². The number of rotatable bonds is 5. The SMILES string of the molecule is [B]c1ccc(I)c(CNCC(=O)OCC)c1. The van der Waals surface area contributed by atoms with E-state index in [0.717, 1.165) is 14.6 Å². The maximum Gasteiger partial charge on any atom is 0.319 e. The highest BCUT2D eigenvalue weighted by atomic mass is 127. The van der Waals surface area contributed by atoms with E-state index >= 15 is 0 Å². The Morgan fingerprint density at radius 2 is 2.31 bits per heavy atom. The molecule has 1 aromatic rings. The van der Waals surface area contributed by atoms with Crippen LogP contribution in [0.1, 0.15) is 12.5 Å². The summed E-state index contributed by atoms with van der Waals surface area (Å²) in [6, 6.07) is 5.72. The van der Waals surface area contributed by atoms with Gasteiger partial charge in [-0.3, -0.25) is 4.79 Å². The normalized spacial score (nSPS) is 10.1. The summed E-state index contributed by atoms with van der Waals surface area (Å²) in [5, 5.41) is 3.02. The van der Waals surface area contributed by atoms with Gasteiger partial charge in [-0.05, 0) is 41.1 Å². The van der Waals surface area contributed by atoms with Gasteiger partial charge in [0.25, 0.3) is 0 Å². The van der Waals surface area contributed by atoms with E-state index < -0.39 is 0 Å². The van der Waals surface area contributed by atoms with Crippen LogP contribution >= 0.6 is 22.6 Å². The molecule has 0 amide bonds. The fourth-order valence-corrected chi connectivity index (χ4v) is 1.77. The van der Waals surface area contributed by atoms with Gasteiger partial charge in [0.15, 0.2) is 0 Å². The van der Waals surface area contributed by atoms with Crippen LogP contribution in [0.2, 0.25) is 0 Å². The first-order valence-corrected chi connectivity index (χ1v) is 6.11. The van der Waals surface area contributed by atoms with Crippen molar-refractivity contribution < 1.29 is 9.53 Å². The van der Waals surface area contributed by atoms with Crippen molar-refractivity contribution in [3.8, 4) is 0 Å². The van der Waals surface area contributed by atoms with Crippen molar-refractivity contribution in [3.63, 3.8) is 0 Å². The van der Waals surface area contributed by atoms with E-state index in [4.69, 9.17) is 12.6 Å². The molecule has 0 bridgehead atoms. The van der Waals surface area contributed by atoms with E-state index in [2.05, 4.69) is 27.9 Å². The number of nitrogens with one attached hydrogen (secondary N) is 1. The lowest BCUT2D eigenvalue weighted by Crippen LogP contribution is -2.25. The van der Waals surface area contributed by atoms with Gasteiger partial charge >= 0.3 is 5.97 Å². The molecule has 0 aliphatic heterocycles. The molecule has 0 atom stereocenters. The van der Waals surface area contributed by atoms with Crippen LogP contribution in [-0.2, 0) is 16.1 Å². The molecule has 0 aliphatic carbocycles. The first kappa shape index (κ1) is 13.5. The molecule has 0 aromatic heterocycles. The molecule has 0 spiro atoms. The summed E-state index contributed by atoms with van der Waals surface area (Å²) in [4.78, 5) is 11.1. The fourth-order valence-electron chi connectivity index (χ4n) is 1.24. The summed E-state index contributed by atoms with van der Waals surface area (Å²) in [5.41, 5.74) is 1.82. The number of esters is 1. The molecule has 1 rings (SSSR count). The third-order valence-corrected chi connectivity index (χ3v) is 3.01. The van der Waals surface area contributed by atoms with E-state index in [1.54, 1.807) is 6.92 Å². The Bertz CT molecular complexity index is 371. The summed E-state index contributed by atoms with van der Waals surface area (Å²) in [6.07, 6.45) is 0. The molecule has 0 aliphatic rings. The monoisotopic (exact) mass is 329 g/mol. The minimum Gasteiger partial charge on any atom is -0.465 e. The Hall–Kier alpha value is -0.555. The van der Waals surface area contributed by atoms with Gasteiger partial charge in [-0.25, -0.2) is 0 Å². The first-order chi connectivity index (χ1) is 7.63. The van der Waals surface area contributed by atoms with Crippen LogP contribution in [-0.4, -0.2) is 27.0 Å². The van der Waals surface area contributed by atoms with Crippen molar-refractivity contribution in [2.45, 2.75) is 13.5 Å². The van der Waals surface area contributed by atoms with Crippen LogP contribution in [0.5, 0.6) is 0 Å². The van der Waals surface area contributed by atoms with Crippen LogP contribution in [0.3, 0.4) is 0 Å². The average molecular weight is 329 g/mol. The molecule has 0 fully saturated rings. The Balaban J connectivity index is 2.42. The Morgan fingerprint density at radius 1 is 1.56 bits per heavy atom. The summed E-state index contributed by atoms with van der Waals surface area (Å²) in [5.74, 6) is -0.235. The molecule has 5 heteroatoms. The summed E-state index contributed by atoms with van der Waals surface area (Å²) >= 11 is 2.24. The quantitative estimate of drug-likeness (QED) is 0.492. The van der Waals surface area contributed by atoms with Gasteiger partial charge in [-0.1, -0.05) is 17.6 Å². The maximum atomic E-state index is 11.1. The number of benzene rings is 1. The minimum absolute atomic E-state index is 0.221. The lowest BCUT2D eigenvalue weighted by Gasteiger charge is -2.07. The Labute approximate surface area is 110 Å². The van der Waals surface area contributed by atoms with Crippen LogP contribution in [0, 0.1) is 3.57 Å². The number of carbonyl (C=O) groups excluding carboxylic acids is 1. The number of halogens is 1. The van der Waals surface area contributed by atoms with Gasteiger partial charge in [0.05, 0.1) is 13.2 Å². The highest BCUT2D eigenvalue weighted by molar-refractivity contribution is 14.1. The minimum atomic E-state index is -0.235. The van der Waals surface area contributed by atoms with Crippen molar-refractivity contribution >= 4 is 41.9 Å². The molecule has 16 heavy (non-hydrogen) atoms. The number of ether oxygens (including phenoxy) is 1. The van der Waals surface area contributed by atoms with Crippen LogP contribution in [0.25, 0.3) is 0 Å². The van der Waals surface area contributed by atoms with Crippen molar-refractivity contribution in [3.05, 3.63) is 27.3 Å². The molecule has 0 saturated heterocycles. The predicted octanol–water partition coefficient (Wildman–Crippen LogP) is 0.738. The van der Waals surface area contributed by atoms with Crippen molar-refractivity contribution in [2.75, 3.05) is 13.2 Å². The summed E-state index contributed by atoms with van der Waals surface area (Å²) in [6.45, 7) is 3.04. The number of hydrogen-bond acceptors (Lipinski definition) is 3. The second kappa shape index (κ2) is 6.91. The average Bonchev–Trinajstić information content (AvgIpc) is 2.23. The standard InChI is InChI=1S/C11H13BINO2/c1-2-16-11(15)7-14-6-8-5-9(12)3-4-10(8)13/h3-5,14H,2,6-7H2,1H3. The smallest absolute Gasteiger partial charge is 0.319 e. The van der Waals surface area contributed by atoms with Gasteiger partial charge < -0.3 is 10.1 Å². The maximum absolute atomic E-state index is 11.1. The topological polar surface area (TPSA) is 38.3 Å². The van der Waals surface area contributed by atoms with Crippen LogP contribution in [0.15, 0.2) is 18.2 Å². The van der Waals surface area contributed by atoms with E-state index in [9.17, 15) is 4.79 Å². The first-order valence-electron chi connectivity index (χ1n) is 5.03. The zero-order valence-electron chi connectivity index (χ0n) is 9.13. The van der Waals surface area contributed by atoms with Gasteiger partial charge in [0, 0.05) is 10.1 Å². The third kappa shape index (κ3) is 4.53. The van der Waals surface area contributed by atoms with E-state index in [-0.39, 0.29) is 12.5 Å². The van der Waals surface area contributed by atoms with Crippen LogP contribution < -0.4 is 10.8 Å². The van der Waals surface area contributed by atoms with Crippen molar-refractivity contribution in [1.29, 1.82) is 0 Å². The Kier molecular flexibility index (Phi) is 5.83. The molecule has 0 saturated carbocycles. The highest BCUT2D eigenvalue weighted by Crippen LogP contribution is 2.09. The second-order valence-electron chi connectivity index (χ2n) is 3.26. The molecule has 0 unspecified atom stereocenters. The summed E-state index contributed by atoms with van der Waals surface area (Å²) < 4.78 is 5.93. The molecule has 1 aromatic carbocycles. The molecule has 0 heterocycles. The van der Waals surface area contributed by atoms with E-state index in [1.165, 1.54) is 0 Å². The van der Waals surface area contributed by atoms with Gasteiger partial charge in [-0.15, -0.1) is 0 Å². The van der Waals surface area contributed by atoms with Crippen LogP contribution in [0.4, 0.5) is 0 Å². The zero-order chi connectivity index (χ0) is 12.0. The lowest BCUT2D eigenvalue weighted by atomic mass is 9.94. The Morgan fingerprint density at radius 3 is 3.00 bits per heavy atom. The van der Waals surface area contributed by atoms with Gasteiger partial charge in [-0.2, -0.15) is 0 Å². The predicted molar refractivity (Wildman–Crippen MR) is 72.9 cm³/mol. The number of carbonyl (C=O) groups is 1. The molecular formula is C11H13BINO2. The zero-order valence-corrected chi connectivity index (χ0v) is 11.3. The van der Waals surface area contributed by atoms with Crippen molar-refractivity contribution in [2.24, 2.45) is 0 Å². The lowest BCUT2D eigenvalue weighted by molar-refractivity contribution is -0.142. The molecule has 1 N–H and O–H groups in total. The third-order valence-electron chi connectivity index (χ3n) is 1.96. The van der Waals surface area contributed by atoms with E-state index in [0.29, 0.717) is 13.2 Å². The van der Waals surface area contributed by atoms with Gasteiger partial charge in [0.1, 0.15) is 7.85 Å².